The Morgan fingerprint density at radius 1 is 1.44 bits per heavy atom. The summed E-state index contributed by atoms with van der Waals surface area (Å²) in [5.74, 6) is 1.64. The van der Waals surface area contributed by atoms with Gasteiger partial charge >= 0.3 is 0 Å². The number of rotatable bonds is 2. The zero-order chi connectivity index (χ0) is 12.5. The highest BCUT2D eigenvalue weighted by Crippen LogP contribution is 2.30. The van der Waals surface area contributed by atoms with Gasteiger partial charge in [-0.15, -0.1) is 0 Å². The second-order valence-electron chi connectivity index (χ2n) is 4.57. The average Bonchev–Trinajstić information content (AvgIpc) is 2.77. The van der Waals surface area contributed by atoms with Crippen LogP contribution in [0.1, 0.15) is 24.6 Å². The summed E-state index contributed by atoms with van der Waals surface area (Å²) in [4.78, 5) is 4.69. The van der Waals surface area contributed by atoms with Crippen LogP contribution in [0.15, 0.2) is 22.9 Å². The van der Waals surface area contributed by atoms with Crippen LogP contribution in [0.2, 0.25) is 0 Å². The van der Waals surface area contributed by atoms with Crippen molar-refractivity contribution < 1.29 is 4.74 Å². The van der Waals surface area contributed by atoms with Gasteiger partial charge in [-0.1, -0.05) is 0 Å². The zero-order valence-electron chi connectivity index (χ0n) is 10.3. The second kappa shape index (κ2) is 4.90. The maximum atomic E-state index is 5.42. The van der Waals surface area contributed by atoms with Crippen molar-refractivity contribution in [3.63, 3.8) is 0 Å². The first-order chi connectivity index (χ1) is 8.79. The third-order valence-corrected chi connectivity index (χ3v) is 4.08. The van der Waals surface area contributed by atoms with Crippen molar-refractivity contribution in [1.29, 1.82) is 0 Å². The van der Waals surface area contributed by atoms with Crippen LogP contribution in [0.4, 0.5) is 5.69 Å². The highest BCUT2D eigenvalue weighted by molar-refractivity contribution is 9.10. The number of halogens is 1. The molecule has 0 aromatic carbocycles. The summed E-state index contributed by atoms with van der Waals surface area (Å²) < 4.78 is 8.52. The number of hydrogen-bond acceptors (Lipinski definition) is 3. The zero-order valence-corrected chi connectivity index (χ0v) is 11.9. The summed E-state index contributed by atoms with van der Waals surface area (Å²) in [6.45, 7) is 1.68. The standard InChI is InChI=1S/C13H16BrN3O/c1-15-10-2-5-17-11(8-10)12(14)16-13(17)9-3-6-18-7-4-9/h2,5,8-9,15H,3-4,6-7H2,1H3. The molecule has 1 fully saturated rings. The first-order valence-corrected chi connectivity index (χ1v) is 7.02. The van der Waals surface area contributed by atoms with Gasteiger partial charge in [-0.25, -0.2) is 4.98 Å². The third kappa shape index (κ3) is 2.01. The molecule has 0 bridgehead atoms. The van der Waals surface area contributed by atoms with E-state index in [1.54, 1.807) is 0 Å². The predicted octanol–water partition coefficient (Wildman–Crippen LogP) is 3.03. The fourth-order valence-electron chi connectivity index (χ4n) is 2.47. The van der Waals surface area contributed by atoms with Crippen molar-refractivity contribution in [2.45, 2.75) is 18.8 Å². The molecule has 0 aliphatic carbocycles. The molecule has 0 spiro atoms. The maximum absolute atomic E-state index is 5.42. The molecule has 1 saturated heterocycles. The summed E-state index contributed by atoms with van der Waals surface area (Å²) in [5, 5.41) is 3.15. The molecular formula is C13H16BrN3O. The number of anilines is 1. The van der Waals surface area contributed by atoms with Gasteiger partial charge in [0, 0.05) is 38.1 Å². The minimum Gasteiger partial charge on any atom is -0.388 e. The number of aromatic nitrogens is 2. The molecule has 3 heterocycles. The van der Waals surface area contributed by atoms with Gasteiger partial charge in [0.05, 0.1) is 5.52 Å². The van der Waals surface area contributed by atoms with E-state index in [0.29, 0.717) is 5.92 Å². The van der Waals surface area contributed by atoms with Crippen molar-refractivity contribution in [3.8, 4) is 0 Å². The normalized spacial score (nSPS) is 17.2. The smallest absolute Gasteiger partial charge is 0.132 e. The fraction of sp³-hybridized carbons (Fsp3) is 0.462. The molecule has 0 radical (unpaired) electrons. The molecular weight excluding hydrogens is 294 g/mol. The molecule has 2 aromatic rings. The van der Waals surface area contributed by atoms with Gasteiger partial charge in [-0.2, -0.15) is 0 Å². The molecule has 0 amide bonds. The van der Waals surface area contributed by atoms with Crippen LogP contribution in [0.25, 0.3) is 5.52 Å². The van der Waals surface area contributed by atoms with E-state index in [1.807, 2.05) is 7.05 Å². The van der Waals surface area contributed by atoms with E-state index >= 15 is 0 Å². The topological polar surface area (TPSA) is 38.6 Å². The SMILES string of the molecule is CNc1ccn2c(C3CCOCC3)nc(Br)c2c1. The van der Waals surface area contributed by atoms with Crippen molar-refractivity contribution in [3.05, 3.63) is 28.8 Å². The van der Waals surface area contributed by atoms with E-state index in [9.17, 15) is 0 Å². The number of ether oxygens (including phenoxy) is 1. The van der Waals surface area contributed by atoms with Gasteiger partial charge in [-0.05, 0) is 40.9 Å². The maximum Gasteiger partial charge on any atom is 0.132 e. The van der Waals surface area contributed by atoms with E-state index in [4.69, 9.17) is 4.74 Å². The Morgan fingerprint density at radius 2 is 2.22 bits per heavy atom. The Bertz CT molecular complexity index is 561. The van der Waals surface area contributed by atoms with Crippen LogP contribution in [-0.2, 0) is 4.74 Å². The Morgan fingerprint density at radius 3 is 2.94 bits per heavy atom. The van der Waals surface area contributed by atoms with Gasteiger partial charge < -0.3 is 14.5 Å². The van der Waals surface area contributed by atoms with E-state index in [-0.39, 0.29) is 0 Å². The van der Waals surface area contributed by atoms with Crippen LogP contribution >= 0.6 is 15.9 Å². The number of nitrogens with zero attached hydrogens (tertiary/aromatic N) is 2. The van der Waals surface area contributed by atoms with Crippen molar-refractivity contribution >= 4 is 27.1 Å². The lowest BCUT2D eigenvalue weighted by molar-refractivity contribution is 0.0835. The Hall–Kier alpha value is -1.07. The summed E-state index contributed by atoms with van der Waals surface area (Å²) in [6.07, 6.45) is 4.20. The van der Waals surface area contributed by atoms with Gasteiger partial charge in [0.15, 0.2) is 0 Å². The lowest BCUT2D eigenvalue weighted by atomic mass is 10.00. The van der Waals surface area contributed by atoms with E-state index in [1.165, 1.54) is 0 Å². The Balaban J connectivity index is 2.07. The van der Waals surface area contributed by atoms with Gasteiger partial charge in [0.25, 0.3) is 0 Å². The van der Waals surface area contributed by atoms with Crippen LogP contribution in [0.5, 0.6) is 0 Å². The lowest BCUT2D eigenvalue weighted by Crippen LogP contribution is -2.16. The Labute approximate surface area is 114 Å². The van der Waals surface area contributed by atoms with Crippen LogP contribution in [-0.4, -0.2) is 29.6 Å². The first-order valence-electron chi connectivity index (χ1n) is 6.22. The van der Waals surface area contributed by atoms with Crippen molar-refractivity contribution in [2.75, 3.05) is 25.6 Å². The van der Waals surface area contributed by atoms with E-state index in [0.717, 1.165) is 47.7 Å². The van der Waals surface area contributed by atoms with E-state index in [2.05, 4.69) is 49.0 Å². The number of imidazole rings is 1. The van der Waals surface area contributed by atoms with Crippen LogP contribution < -0.4 is 5.32 Å². The monoisotopic (exact) mass is 309 g/mol. The van der Waals surface area contributed by atoms with Gasteiger partial charge in [-0.3, -0.25) is 0 Å². The third-order valence-electron chi connectivity index (χ3n) is 3.50. The highest BCUT2D eigenvalue weighted by Gasteiger charge is 2.21. The number of hydrogen-bond donors (Lipinski definition) is 1. The summed E-state index contributed by atoms with van der Waals surface area (Å²) >= 11 is 3.56. The molecule has 0 unspecified atom stereocenters. The second-order valence-corrected chi connectivity index (χ2v) is 5.32. The van der Waals surface area contributed by atoms with Gasteiger partial charge in [0.1, 0.15) is 10.4 Å². The highest BCUT2D eigenvalue weighted by atomic mass is 79.9. The van der Waals surface area contributed by atoms with Crippen molar-refractivity contribution in [2.24, 2.45) is 0 Å². The fourth-order valence-corrected chi connectivity index (χ4v) is 2.96. The minimum atomic E-state index is 0.498. The predicted molar refractivity (Wildman–Crippen MR) is 75.2 cm³/mol. The largest absolute Gasteiger partial charge is 0.388 e. The number of nitrogens with one attached hydrogen (secondary N) is 1. The van der Waals surface area contributed by atoms with Crippen LogP contribution in [0.3, 0.4) is 0 Å². The molecule has 0 saturated carbocycles. The average molecular weight is 310 g/mol. The molecule has 18 heavy (non-hydrogen) atoms. The quantitative estimate of drug-likeness (QED) is 0.926. The number of fused-ring (bicyclic) bond motifs is 1. The molecule has 1 aliphatic heterocycles. The lowest BCUT2D eigenvalue weighted by Gasteiger charge is -2.20. The molecule has 1 aliphatic rings. The minimum absolute atomic E-state index is 0.498. The molecule has 3 rings (SSSR count). The molecule has 0 atom stereocenters. The number of pyridine rings is 1. The summed E-state index contributed by atoms with van der Waals surface area (Å²) in [5.41, 5.74) is 2.21. The summed E-state index contributed by atoms with van der Waals surface area (Å²) in [6, 6.07) is 4.18. The van der Waals surface area contributed by atoms with Gasteiger partial charge in [0.2, 0.25) is 0 Å². The molecule has 1 N–H and O–H groups in total. The van der Waals surface area contributed by atoms with Crippen molar-refractivity contribution in [1.82, 2.24) is 9.38 Å². The molecule has 4 nitrogen and oxygen atoms in total. The Kier molecular flexibility index (Phi) is 3.26. The molecule has 2 aromatic heterocycles. The van der Waals surface area contributed by atoms with Crippen LogP contribution in [0, 0.1) is 0 Å². The summed E-state index contributed by atoms with van der Waals surface area (Å²) in [7, 11) is 1.93. The van der Waals surface area contributed by atoms with E-state index < -0.39 is 0 Å². The molecule has 5 heteroatoms. The molecule has 96 valence electrons. The first kappa shape index (κ1) is 12.0.